The molecular formula is C28H29ClF3NO3. The highest BCUT2D eigenvalue weighted by atomic mass is 35.5. The molecule has 1 atom stereocenters. The molecule has 8 heteroatoms. The number of ether oxygens (including phenoxy) is 2. The lowest BCUT2D eigenvalue weighted by Crippen LogP contribution is -2.30. The van der Waals surface area contributed by atoms with E-state index in [2.05, 4.69) is 11.8 Å². The molecule has 0 aliphatic heterocycles. The van der Waals surface area contributed by atoms with Gasteiger partial charge in [-0.1, -0.05) is 73.1 Å². The summed E-state index contributed by atoms with van der Waals surface area (Å²) in [6.07, 6.45) is -3.91. The summed E-state index contributed by atoms with van der Waals surface area (Å²) in [6.45, 7) is 5.21. The van der Waals surface area contributed by atoms with Gasteiger partial charge in [0.1, 0.15) is 0 Å². The average Bonchev–Trinajstić information content (AvgIpc) is 2.83. The molecule has 4 nitrogen and oxygen atoms in total. The third-order valence-corrected chi connectivity index (χ3v) is 6.10. The van der Waals surface area contributed by atoms with Crippen molar-refractivity contribution in [2.75, 3.05) is 19.7 Å². The maximum atomic E-state index is 13.4. The van der Waals surface area contributed by atoms with E-state index in [4.69, 9.17) is 21.1 Å². The summed E-state index contributed by atoms with van der Waals surface area (Å²) in [5, 5.41) is -0.270. The highest BCUT2D eigenvalue weighted by Crippen LogP contribution is 2.36. The zero-order chi connectivity index (χ0) is 26.1. The predicted octanol–water partition coefficient (Wildman–Crippen LogP) is 7.36. The molecule has 0 saturated carbocycles. The fourth-order valence-electron chi connectivity index (χ4n) is 3.95. The van der Waals surface area contributed by atoms with Crippen LogP contribution in [0, 0.1) is 0 Å². The van der Waals surface area contributed by atoms with E-state index in [0.29, 0.717) is 43.2 Å². The number of carbonyl (C=O) groups excluding carboxylic acids is 1. The van der Waals surface area contributed by atoms with E-state index in [0.717, 1.165) is 11.6 Å². The first-order valence-electron chi connectivity index (χ1n) is 11.7. The molecule has 0 heterocycles. The zero-order valence-corrected chi connectivity index (χ0v) is 21.0. The molecule has 0 saturated heterocycles. The summed E-state index contributed by atoms with van der Waals surface area (Å²) in [6, 6.07) is 20.9. The minimum absolute atomic E-state index is 0.154. The zero-order valence-electron chi connectivity index (χ0n) is 20.2. The summed E-state index contributed by atoms with van der Waals surface area (Å²) in [5.74, 6) is 0.514. The van der Waals surface area contributed by atoms with Gasteiger partial charge in [0.05, 0.1) is 17.2 Å². The van der Waals surface area contributed by atoms with Crippen molar-refractivity contribution in [3.05, 3.63) is 94.5 Å². The van der Waals surface area contributed by atoms with E-state index in [-0.39, 0.29) is 17.5 Å². The number of esters is 1. The molecule has 3 aromatic rings. The first-order valence-corrected chi connectivity index (χ1v) is 12.0. The summed E-state index contributed by atoms with van der Waals surface area (Å²) in [4.78, 5) is 13.4. The van der Waals surface area contributed by atoms with Crippen molar-refractivity contribution < 1.29 is 27.4 Å². The Morgan fingerprint density at radius 2 is 1.64 bits per heavy atom. The quantitative estimate of drug-likeness (QED) is 0.151. The topological polar surface area (TPSA) is 38.8 Å². The molecule has 0 radical (unpaired) electrons. The molecule has 0 N–H and O–H groups in total. The van der Waals surface area contributed by atoms with Crippen molar-refractivity contribution in [3.63, 3.8) is 0 Å². The van der Waals surface area contributed by atoms with Crippen LogP contribution < -0.4 is 9.47 Å². The van der Waals surface area contributed by atoms with Crippen LogP contribution in [0.1, 0.15) is 42.9 Å². The van der Waals surface area contributed by atoms with Crippen molar-refractivity contribution in [2.45, 2.75) is 38.9 Å². The summed E-state index contributed by atoms with van der Waals surface area (Å²) in [5.41, 5.74) is 0.736. The molecule has 0 bridgehead atoms. The third-order valence-electron chi connectivity index (χ3n) is 5.66. The first-order chi connectivity index (χ1) is 17.1. The van der Waals surface area contributed by atoms with Crippen LogP contribution in [0.15, 0.2) is 72.8 Å². The minimum Gasteiger partial charge on any atom is -0.490 e. The normalized spacial score (nSPS) is 12.4. The number of rotatable bonds is 11. The number of benzene rings is 3. The number of hydrogen-bond donors (Lipinski definition) is 0. The molecular weight excluding hydrogens is 491 g/mol. The Kier molecular flexibility index (Phi) is 9.79. The number of nitrogens with zero attached hydrogens (tertiary/aromatic N) is 1. The predicted molar refractivity (Wildman–Crippen MR) is 134 cm³/mol. The van der Waals surface area contributed by atoms with Crippen LogP contribution in [0.2, 0.25) is 5.02 Å². The highest BCUT2D eigenvalue weighted by molar-refractivity contribution is 6.32. The van der Waals surface area contributed by atoms with Crippen molar-refractivity contribution in [2.24, 2.45) is 0 Å². The van der Waals surface area contributed by atoms with Crippen LogP contribution in [-0.4, -0.2) is 30.6 Å². The Bertz CT molecular complexity index is 1140. The lowest BCUT2D eigenvalue weighted by Gasteiger charge is -2.27. The van der Waals surface area contributed by atoms with Crippen molar-refractivity contribution >= 4 is 17.6 Å². The number of hydrogen-bond acceptors (Lipinski definition) is 4. The molecule has 0 aliphatic rings. The number of para-hydroxylation sites is 2. The molecule has 0 amide bonds. The maximum Gasteiger partial charge on any atom is 0.417 e. The molecule has 0 aliphatic carbocycles. The van der Waals surface area contributed by atoms with Crippen LogP contribution in [0.4, 0.5) is 13.2 Å². The van der Waals surface area contributed by atoms with Crippen molar-refractivity contribution in [3.8, 4) is 11.5 Å². The monoisotopic (exact) mass is 519 g/mol. The van der Waals surface area contributed by atoms with Crippen LogP contribution in [0.5, 0.6) is 11.5 Å². The Balaban J connectivity index is 1.70. The molecule has 192 valence electrons. The second-order valence-electron chi connectivity index (χ2n) is 8.57. The van der Waals surface area contributed by atoms with Crippen LogP contribution >= 0.6 is 11.6 Å². The van der Waals surface area contributed by atoms with Gasteiger partial charge < -0.3 is 9.47 Å². The summed E-state index contributed by atoms with van der Waals surface area (Å²) in [7, 11) is 0. The van der Waals surface area contributed by atoms with Gasteiger partial charge in [0.25, 0.3) is 0 Å². The summed E-state index contributed by atoms with van der Waals surface area (Å²) >= 11 is 6.18. The third kappa shape index (κ3) is 8.00. The van der Waals surface area contributed by atoms with Gasteiger partial charge in [-0.15, -0.1) is 0 Å². The van der Waals surface area contributed by atoms with Crippen molar-refractivity contribution in [1.82, 2.24) is 4.90 Å². The molecule has 3 rings (SSSR count). The van der Waals surface area contributed by atoms with E-state index >= 15 is 0 Å². The standard InChI is InChI=1S/C28H29ClF3NO3/c1-20(22-10-4-3-5-11-22)18-33(19-23-12-8-13-24(27(23)29)28(30,31)32)16-9-17-35-25-14-6-7-15-26(25)36-21(2)34/h3-8,10-15,20H,9,16-19H2,1-2H3. The average molecular weight is 520 g/mol. The van der Waals surface area contributed by atoms with E-state index in [1.807, 2.05) is 30.3 Å². The van der Waals surface area contributed by atoms with Crippen LogP contribution in [-0.2, 0) is 17.5 Å². The second-order valence-corrected chi connectivity index (χ2v) is 8.94. The van der Waals surface area contributed by atoms with E-state index in [1.165, 1.54) is 13.0 Å². The van der Waals surface area contributed by atoms with Gasteiger partial charge in [0.15, 0.2) is 11.5 Å². The molecule has 0 aromatic heterocycles. The van der Waals surface area contributed by atoms with E-state index in [9.17, 15) is 18.0 Å². The molecule has 0 fully saturated rings. The fourth-order valence-corrected chi connectivity index (χ4v) is 4.24. The number of carbonyl (C=O) groups is 1. The second kappa shape index (κ2) is 12.8. The SMILES string of the molecule is CC(=O)Oc1ccccc1OCCCN(Cc1cccc(C(F)(F)F)c1Cl)CC(C)c1ccccc1. The minimum atomic E-state index is -4.52. The van der Waals surface area contributed by atoms with E-state index in [1.54, 1.807) is 30.3 Å². The maximum absolute atomic E-state index is 13.4. The Hall–Kier alpha value is -3.03. The first kappa shape index (κ1) is 27.6. The molecule has 1 unspecified atom stereocenters. The lowest BCUT2D eigenvalue weighted by atomic mass is 10.00. The smallest absolute Gasteiger partial charge is 0.417 e. The Morgan fingerprint density at radius 1 is 0.972 bits per heavy atom. The van der Waals surface area contributed by atoms with E-state index < -0.39 is 17.7 Å². The number of halogens is 4. The van der Waals surface area contributed by atoms with Gasteiger partial charge in [0.2, 0.25) is 0 Å². The Morgan fingerprint density at radius 3 is 2.31 bits per heavy atom. The van der Waals surface area contributed by atoms with Crippen LogP contribution in [0.25, 0.3) is 0 Å². The summed E-state index contributed by atoms with van der Waals surface area (Å²) < 4.78 is 51.1. The van der Waals surface area contributed by atoms with Gasteiger partial charge in [-0.05, 0) is 41.7 Å². The van der Waals surface area contributed by atoms with Crippen molar-refractivity contribution in [1.29, 1.82) is 0 Å². The highest BCUT2D eigenvalue weighted by Gasteiger charge is 2.34. The molecule has 0 spiro atoms. The van der Waals surface area contributed by atoms with Crippen LogP contribution in [0.3, 0.4) is 0 Å². The van der Waals surface area contributed by atoms with Gasteiger partial charge in [0, 0.05) is 26.6 Å². The van der Waals surface area contributed by atoms with Gasteiger partial charge >= 0.3 is 12.1 Å². The molecule has 36 heavy (non-hydrogen) atoms. The van der Waals surface area contributed by atoms with Gasteiger partial charge in [-0.3, -0.25) is 9.69 Å². The molecule has 3 aromatic carbocycles. The largest absolute Gasteiger partial charge is 0.490 e. The Labute approximate surface area is 214 Å². The van der Waals surface area contributed by atoms with Gasteiger partial charge in [-0.2, -0.15) is 13.2 Å². The fraction of sp³-hybridized carbons (Fsp3) is 0.321. The number of alkyl halides is 3. The van der Waals surface area contributed by atoms with Gasteiger partial charge in [-0.25, -0.2) is 0 Å². The lowest BCUT2D eigenvalue weighted by molar-refractivity contribution is -0.137.